The van der Waals surface area contributed by atoms with Gasteiger partial charge in [-0.2, -0.15) is 0 Å². The molecular weight excluding hydrogens is 971 g/mol. The molecule has 0 bridgehead atoms. The molecule has 78 heavy (non-hydrogen) atoms. The van der Waals surface area contributed by atoms with Crippen LogP contribution in [0.15, 0.2) is 158 Å². The van der Waals surface area contributed by atoms with E-state index < -0.39 is 24.3 Å². The van der Waals surface area contributed by atoms with E-state index >= 15 is 0 Å². The third-order valence-electron chi connectivity index (χ3n) is 12.0. The Kier molecular flexibility index (Phi) is 54.3. The van der Waals surface area contributed by atoms with Crippen molar-refractivity contribution in [1.29, 1.82) is 0 Å². The third kappa shape index (κ3) is 58.6. The molecule has 0 amide bonds. The van der Waals surface area contributed by atoms with Gasteiger partial charge in [0.15, 0.2) is 6.10 Å². The van der Waals surface area contributed by atoms with Gasteiger partial charge in [0, 0.05) is 12.8 Å². The van der Waals surface area contributed by atoms with Gasteiger partial charge in [-0.25, -0.2) is 4.79 Å². The van der Waals surface area contributed by atoms with Crippen molar-refractivity contribution in [2.24, 2.45) is 0 Å². The first kappa shape index (κ1) is 72.9. The van der Waals surface area contributed by atoms with E-state index in [1.807, 2.05) is 21.1 Å². The number of carboxylic acid groups (broad SMARTS) is 1. The highest BCUT2D eigenvalue weighted by molar-refractivity contribution is 5.71. The number of hydrogen-bond acceptors (Lipinski definition) is 7. The second kappa shape index (κ2) is 58.1. The summed E-state index contributed by atoms with van der Waals surface area (Å²) in [5.41, 5.74) is 0. The summed E-state index contributed by atoms with van der Waals surface area (Å²) >= 11 is 0. The van der Waals surface area contributed by atoms with E-state index in [0.29, 0.717) is 17.4 Å². The smallest absolute Gasteiger partial charge is 0.361 e. The zero-order valence-corrected chi connectivity index (χ0v) is 49.8. The number of nitrogens with zero attached hydrogens (tertiary/aromatic N) is 1. The molecule has 0 aromatic heterocycles. The SMILES string of the molecule is CC/C=C\C/C=C\C/C=C\C/C=C\C/C=C\C/C=C\C/C=C\C/C=C\C/C=C\C/C=C\C/C=C\CCCCCCCC(=O)OC(COC(=O)CCCCCCC/C=C\C/C=C\CCCC)COC(OCC[N+](C)(C)C)C(=O)O. The van der Waals surface area contributed by atoms with Crippen molar-refractivity contribution < 1.29 is 42.9 Å². The molecule has 2 unspecified atom stereocenters. The van der Waals surface area contributed by atoms with Crippen LogP contribution in [0, 0.1) is 0 Å². The van der Waals surface area contributed by atoms with Crippen LogP contribution in [0.5, 0.6) is 0 Å². The molecule has 0 aliphatic heterocycles. The van der Waals surface area contributed by atoms with Crippen LogP contribution >= 0.6 is 0 Å². The van der Waals surface area contributed by atoms with Gasteiger partial charge in [-0.05, 0) is 122 Å². The van der Waals surface area contributed by atoms with E-state index in [4.69, 9.17) is 18.9 Å². The maximum atomic E-state index is 12.9. The minimum absolute atomic E-state index is 0.172. The molecule has 2 atom stereocenters. The van der Waals surface area contributed by atoms with Crippen LogP contribution in [0.3, 0.4) is 0 Å². The van der Waals surface area contributed by atoms with Gasteiger partial charge >= 0.3 is 17.9 Å². The molecule has 9 heteroatoms. The molecule has 0 rings (SSSR count). The first-order valence-electron chi connectivity index (χ1n) is 30.1. The van der Waals surface area contributed by atoms with E-state index in [1.165, 1.54) is 12.8 Å². The highest BCUT2D eigenvalue weighted by Crippen LogP contribution is 2.13. The summed E-state index contributed by atoms with van der Waals surface area (Å²) in [6.07, 6.45) is 83.3. The lowest BCUT2D eigenvalue weighted by atomic mass is 10.1. The number of allylic oxidation sites excluding steroid dienone is 26. The van der Waals surface area contributed by atoms with Crippen molar-refractivity contribution >= 4 is 17.9 Å². The molecule has 0 aliphatic carbocycles. The Bertz CT molecular complexity index is 1830. The molecular formula is C69H110NO8+. The lowest BCUT2D eigenvalue weighted by molar-refractivity contribution is -0.870. The standard InChI is InChI=1S/C69H109NO8/c1-6-8-10-12-14-16-18-20-22-23-24-25-26-27-28-29-30-31-32-33-34-35-36-37-38-39-40-41-42-43-44-45-46-48-50-52-54-56-58-60-67(72)78-65(64-77-69(68(73)74)75-62-61-70(3,4)5)63-76-66(71)59-57-55-53-51-49-47-21-19-17-15-13-11-9-7-2/h8,10,13-16,19-22,24-25,27-28,30-31,33-34,36-37,39-40,42-43,45-46,65,69H,6-7,9,11-12,17-18,23,26,29,32,35,38,41,44,47-64H2,1-5H3/p+1/b10-8-,15-13-,16-14-,21-19-,22-20-,25-24-,28-27-,31-30-,34-33-,37-36-,40-39-,43-42-,46-45-. The van der Waals surface area contributed by atoms with E-state index in [2.05, 4.69) is 172 Å². The number of carboxylic acids is 1. The van der Waals surface area contributed by atoms with Gasteiger partial charge in [0.05, 0.1) is 34.4 Å². The number of unbranched alkanes of at least 4 members (excludes halogenated alkanes) is 12. The van der Waals surface area contributed by atoms with Crippen molar-refractivity contribution in [3.8, 4) is 0 Å². The maximum absolute atomic E-state index is 12.9. The van der Waals surface area contributed by atoms with Gasteiger partial charge in [0.1, 0.15) is 13.2 Å². The first-order valence-corrected chi connectivity index (χ1v) is 30.1. The molecule has 0 saturated heterocycles. The van der Waals surface area contributed by atoms with Crippen molar-refractivity contribution in [3.63, 3.8) is 0 Å². The average molecular weight is 1080 g/mol. The van der Waals surface area contributed by atoms with Gasteiger partial charge in [0.2, 0.25) is 0 Å². The summed E-state index contributed by atoms with van der Waals surface area (Å²) < 4.78 is 22.8. The lowest BCUT2D eigenvalue weighted by Crippen LogP contribution is -2.40. The number of rotatable bonds is 53. The maximum Gasteiger partial charge on any atom is 0.361 e. The lowest BCUT2D eigenvalue weighted by Gasteiger charge is -2.25. The van der Waals surface area contributed by atoms with Crippen LogP contribution in [-0.2, 0) is 33.3 Å². The second-order valence-electron chi connectivity index (χ2n) is 20.6. The molecule has 1 N–H and O–H groups in total. The zero-order chi connectivity index (χ0) is 56.9. The Morgan fingerprint density at radius 2 is 0.731 bits per heavy atom. The monoisotopic (exact) mass is 1080 g/mol. The molecule has 9 nitrogen and oxygen atoms in total. The van der Waals surface area contributed by atoms with Crippen LogP contribution in [0.4, 0.5) is 0 Å². The number of aliphatic carboxylic acids is 1. The molecule has 0 aromatic rings. The summed E-state index contributed by atoms with van der Waals surface area (Å²) in [6.45, 7) is 4.65. The number of hydrogen-bond donors (Lipinski definition) is 1. The Hall–Kier alpha value is -5.09. The van der Waals surface area contributed by atoms with Crippen LogP contribution in [0.2, 0.25) is 0 Å². The van der Waals surface area contributed by atoms with Gasteiger partial charge in [-0.1, -0.05) is 223 Å². The van der Waals surface area contributed by atoms with Crippen LogP contribution in [0.25, 0.3) is 0 Å². The van der Waals surface area contributed by atoms with Gasteiger partial charge < -0.3 is 28.5 Å². The zero-order valence-electron chi connectivity index (χ0n) is 49.8. The van der Waals surface area contributed by atoms with E-state index in [-0.39, 0.29) is 38.6 Å². The number of carbonyl (C=O) groups is 3. The third-order valence-corrected chi connectivity index (χ3v) is 12.0. The van der Waals surface area contributed by atoms with E-state index in [9.17, 15) is 19.5 Å². The fourth-order valence-corrected chi connectivity index (χ4v) is 7.39. The predicted octanol–water partition coefficient (Wildman–Crippen LogP) is 18.2. The highest BCUT2D eigenvalue weighted by atomic mass is 16.7. The van der Waals surface area contributed by atoms with Crippen molar-refractivity contribution in [2.75, 3.05) is 47.5 Å². The summed E-state index contributed by atoms with van der Waals surface area (Å²) in [6, 6.07) is 0. The summed E-state index contributed by atoms with van der Waals surface area (Å²) in [4.78, 5) is 37.4. The Morgan fingerprint density at radius 3 is 1.09 bits per heavy atom. The molecule has 0 saturated carbocycles. The van der Waals surface area contributed by atoms with Crippen molar-refractivity contribution in [1.82, 2.24) is 0 Å². The largest absolute Gasteiger partial charge is 0.477 e. The van der Waals surface area contributed by atoms with Gasteiger partial charge in [0.25, 0.3) is 6.29 Å². The summed E-state index contributed by atoms with van der Waals surface area (Å²) in [5.74, 6) is -2.07. The molecule has 438 valence electrons. The van der Waals surface area contributed by atoms with Gasteiger partial charge in [-0.3, -0.25) is 9.59 Å². The topological polar surface area (TPSA) is 108 Å². The van der Waals surface area contributed by atoms with Crippen LogP contribution < -0.4 is 0 Å². The fourth-order valence-electron chi connectivity index (χ4n) is 7.39. The minimum Gasteiger partial charge on any atom is -0.477 e. The number of ether oxygens (including phenoxy) is 4. The fraction of sp³-hybridized carbons (Fsp3) is 0.580. The highest BCUT2D eigenvalue weighted by Gasteiger charge is 2.25. The Morgan fingerprint density at radius 1 is 0.397 bits per heavy atom. The van der Waals surface area contributed by atoms with Crippen LogP contribution in [0.1, 0.15) is 200 Å². The summed E-state index contributed by atoms with van der Waals surface area (Å²) in [5, 5.41) is 9.69. The number of esters is 2. The number of likely N-dealkylation sites (N-methyl/N-ethyl adjacent to an activating group) is 1. The molecule has 0 fully saturated rings. The quantitative estimate of drug-likeness (QED) is 0.0211. The molecule has 0 spiro atoms. The minimum atomic E-state index is -1.53. The average Bonchev–Trinajstić information content (AvgIpc) is 3.41. The molecule has 0 radical (unpaired) electrons. The van der Waals surface area contributed by atoms with Crippen molar-refractivity contribution in [2.45, 2.75) is 212 Å². The normalized spacial score (nSPS) is 13.9. The Balaban J connectivity index is 4.26. The van der Waals surface area contributed by atoms with Gasteiger partial charge in [-0.15, -0.1) is 0 Å². The van der Waals surface area contributed by atoms with E-state index in [1.54, 1.807) is 0 Å². The van der Waals surface area contributed by atoms with Crippen molar-refractivity contribution in [3.05, 3.63) is 158 Å². The predicted molar refractivity (Wildman–Crippen MR) is 331 cm³/mol. The first-order chi connectivity index (χ1) is 38.1. The Labute approximate surface area is 476 Å². The number of quaternary nitrogens is 1. The number of carbonyl (C=O) groups excluding carboxylic acids is 2. The molecule has 0 heterocycles. The molecule has 0 aliphatic rings. The summed E-state index contributed by atoms with van der Waals surface area (Å²) in [7, 11) is 5.94. The second-order valence-corrected chi connectivity index (χ2v) is 20.6. The van der Waals surface area contributed by atoms with E-state index in [0.717, 1.165) is 154 Å². The molecule has 0 aromatic carbocycles. The van der Waals surface area contributed by atoms with Crippen LogP contribution in [-0.4, -0.2) is 87.4 Å².